The monoisotopic (exact) mass is 419 g/mol. The van der Waals surface area contributed by atoms with Crippen LogP contribution in [0.2, 0.25) is 0 Å². The number of rotatable bonds is 4. The summed E-state index contributed by atoms with van der Waals surface area (Å²) in [5.74, 6) is 1.19. The number of aryl methyl sites for hydroxylation is 2. The topological polar surface area (TPSA) is 64.0 Å². The van der Waals surface area contributed by atoms with Gasteiger partial charge in [0.25, 0.3) is 5.56 Å². The maximum atomic E-state index is 12.9. The van der Waals surface area contributed by atoms with Gasteiger partial charge in [-0.05, 0) is 50.0 Å². The Kier molecular flexibility index (Phi) is 5.58. The molecule has 0 bridgehead atoms. The molecule has 0 saturated heterocycles. The van der Waals surface area contributed by atoms with Crippen LogP contribution in [0.25, 0.3) is 10.2 Å². The summed E-state index contributed by atoms with van der Waals surface area (Å²) in [7, 11) is 1.77. The first-order chi connectivity index (χ1) is 13.4. The van der Waals surface area contributed by atoms with Crippen LogP contribution >= 0.6 is 23.1 Å². The first-order valence-electron chi connectivity index (χ1n) is 10.3. The van der Waals surface area contributed by atoms with Crippen molar-refractivity contribution < 1.29 is 4.79 Å². The van der Waals surface area contributed by atoms with E-state index in [1.807, 2.05) is 6.92 Å². The third kappa shape index (κ3) is 3.52. The fourth-order valence-corrected chi connectivity index (χ4v) is 6.69. The van der Waals surface area contributed by atoms with Crippen LogP contribution in [0.5, 0.6) is 0 Å². The Hall–Kier alpha value is -1.34. The Morgan fingerprint density at radius 2 is 2.07 bits per heavy atom. The molecule has 2 aliphatic carbocycles. The number of thiophene rings is 1. The fourth-order valence-electron chi connectivity index (χ4n) is 4.51. The lowest BCUT2D eigenvalue weighted by molar-refractivity contribution is -0.121. The lowest BCUT2D eigenvalue weighted by atomic mass is 9.78. The average Bonchev–Trinajstić information content (AvgIpc) is 3.23. The van der Waals surface area contributed by atoms with Crippen LogP contribution in [0, 0.1) is 11.8 Å². The lowest BCUT2D eigenvalue weighted by Crippen LogP contribution is -2.46. The normalized spacial score (nSPS) is 25.6. The maximum absolute atomic E-state index is 12.9. The van der Waals surface area contributed by atoms with E-state index in [-0.39, 0.29) is 22.8 Å². The van der Waals surface area contributed by atoms with Crippen LogP contribution in [0.1, 0.15) is 56.9 Å². The smallest absolute Gasteiger partial charge is 0.262 e. The number of thioether (sulfide) groups is 1. The Morgan fingerprint density at radius 3 is 2.86 bits per heavy atom. The predicted molar refractivity (Wildman–Crippen MR) is 116 cm³/mol. The molecule has 2 heterocycles. The Balaban J connectivity index is 1.52. The fraction of sp³-hybridized carbons (Fsp3) is 0.667. The number of fused-ring (bicyclic) bond motifs is 3. The summed E-state index contributed by atoms with van der Waals surface area (Å²) in [6.45, 7) is 6.41. The predicted octanol–water partition coefficient (Wildman–Crippen LogP) is 3.91. The Bertz CT molecular complexity index is 965. The quantitative estimate of drug-likeness (QED) is 0.603. The molecule has 0 spiro atoms. The molecule has 0 unspecified atom stereocenters. The molecule has 2 aliphatic rings. The largest absolute Gasteiger partial charge is 0.352 e. The highest BCUT2D eigenvalue weighted by atomic mass is 32.2. The van der Waals surface area contributed by atoms with E-state index in [0.717, 1.165) is 35.9 Å². The summed E-state index contributed by atoms with van der Waals surface area (Å²) in [4.78, 5) is 32.6. The SMILES string of the molecule is C[C@@H]1[C@@H](C)CCC[C@H]1NC(=O)[C@@H](C)Sc1nc2sc3c(c2c(=O)n1C)CCC3. The van der Waals surface area contributed by atoms with Gasteiger partial charge in [-0.3, -0.25) is 14.2 Å². The molecular weight excluding hydrogens is 390 g/mol. The van der Waals surface area contributed by atoms with Gasteiger partial charge in [0.2, 0.25) is 5.91 Å². The number of nitrogens with one attached hydrogen (secondary N) is 1. The van der Waals surface area contributed by atoms with E-state index in [1.165, 1.54) is 35.0 Å². The van der Waals surface area contributed by atoms with Gasteiger partial charge in [-0.2, -0.15) is 0 Å². The van der Waals surface area contributed by atoms with Crippen LogP contribution in [0.15, 0.2) is 9.95 Å². The highest BCUT2D eigenvalue weighted by Crippen LogP contribution is 2.36. The lowest BCUT2D eigenvalue weighted by Gasteiger charge is -2.35. The molecule has 7 heteroatoms. The third-order valence-electron chi connectivity index (χ3n) is 6.59. The molecule has 2 aromatic heterocycles. The van der Waals surface area contributed by atoms with Crippen molar-refractivity contribution in [1.82, 2.24) is 14.9 Å². The number of carbonyl (C=O) groups is 1. The number of nitrogens with zero attached hydrogens (tertiary/aromatic N) is 2. The van der Waals surface area contributed by atoms with Gasteiger partial charge in [0.05, 0.1) is 10.6 Å². The Morgan fingerprint density at radius 1 is 1.29 bits per heavy atom. The van der Waals surface area contributed by atoms with E-state index in [9.17, 15) is 9.59 Å². The van der Waals surface area contributed by atoms with Gasteiger partial charge in [-0.25, -0.2) is 4.98 Å². The van der Waals surface area contributed by atoms with E-state index in [1.54, 1.807) is 23.0 Å². The molecule has 2 aromatic rings. The van der Waals surface area contributed by atoms with Crippen molar-refractivity contribution in [1.29, 1.82) is 0 Å². The minimum atomic E-state index is -0.285. The molecule has 5 nitrogen and oxygen atoms in total. The van der Waals surface area contributed by atoms with Gasteiger partial charge in [0.15, 0.2) is 5.16 Å². The second-order valence-electron chi connectivity index (χ2n) is 8.44. The molecule has 28 heavy (non-hydrogen) atoms. The van der Waals surface area contributed by atoms with E-state index in [0.29, 0.717) is 17.0 Å². The second-order valence-corrected chi connectivity index (χ2v) is 10.8. The van der Waals surface area contributed by atoms with Crippen molar-refractivity contribution in [3.05, 3.63) is 20.8 Å². The zero-order valence-electron chi connectivity index (χ0n) is 17.1. The summed E-state index contributed by atoms with van der Waals surface area (Å²) >= 11 is 3.03. The average molecular weight is 420 g/mol. The van der Waals surface area contributed by atoms with E-state index in [2.05, 4.69) is 19.2 Å². The molecule has 1 fully saturated rings. The second kappa shape index (κ2) is 7.82. The maximum Gasteiger partial charge on any atom is 0.262 e. The molecule has 4 rings (SSSR count). The third-order valence-corrected chi connectivity index (χ3v) is 8.92. The highest BCUT2D eigenvalue weighted by Gasteiger charge is 2.30. The summed E-state index contributed by atoms with van der Waals surface area (Å²) < 4.78 is 1.62. The first-order valence-corrected chi connectivity index (χ1v) is 12.0. The Labute approximate surface area is 174 Å². The standard InChI is InChI=1S/C21H29N3O2S2/c1-11-7-5-9-15(12(11)2)22-18(25)13(3)27-21-23-19-17(20(26)24(21)4)14-8-6-10-16(14)28-19/h11-13,15H,5-10H2,1-4H3,(H,22,25)/t11-,12+,13+,15+/m0/s1. The van der Waals surface area contributed by atoms with Gasteiger partial charge >= 0.3 is 0 Å². The molecule has 0 aromatic carbocycles. The van der Waals surface area contributed by atoms with Crippen molar-refractivity contribution in [2.24, 2.45) is 18.9 Å². The van der Waals surface area contributed by atoms with Crippen molar-refractivity contribution in [2.75, 3.05) is 0 Å². The zero-order valence-corrected chi connectivity index (χ0v) is 18.7. The van der Waals surface area contributed by atoms with Crippen LogP contribution in [0.3, 0.4) is 0 Å². The molecule has 4 atom stereocenters. The summed E-state index contributed by atoms with van der Waals surface area (Å²) in [6.07, 6.45) is 6.64. The minimum absolute atomic E-state index is 0.0224. The molecule has 1 amide bonds. The van der Waals surface area contributed by atoms with Crippen molar-refractivity contribution in [2.45, 2.75) is 75.7 Å². The number of aromatic nitrogens is 2. The number of hydrogen-bond donors (Lipinski definition) is 1. The molecule has 1 saturated carbocycles. The molecule has 1 N–H and O–H groups in total. The summed E-state index contributed by atoms with van der Waals surface area (Å²) in [5, 5.41) is 4.39. The van der Waals surface area contributed by atoms with E-state index < -0.39 is 0 Å². The van der Waals surface area contributed by atoms with Crippen LogP contribution < -0.4 is 10.9 Å². The molecule has 152 valence electrons. The minimum Gasteiger partial charge on any atom is -0.352 e. The summed E-state index contributed by atoms with van der Waals surface area (Å²) in [5.41, 5.74) is 1.23. The van der Waals surface area contributed by atoms with Gasteiger partial charge in [-0.1, -0.05) is 38.5 Å². The van der Waals surface area contributed by atoms with Gasteiger partial charge in [0.1, 0.15) is 4.83 Å². The number of amides is 1. The number of hydrogen-bond acceptors (Lipinski definition) is 5. The van der Waals surface area contributed by atoms with Crippen LogP contribution in [0.4, 0.5) is 0 Å². The van der Waals surface area contributed by atoms with Crippen molar-refractivity contribution >= 4 is 39.2 Å². The van der Waals surface area contributed by atoms with Gasteiger partial charge < -0.3 is 5.32 Å². The van der Waals surface area contributed by atoms with E-state index >= 15 is 0 Å². The van der Waals surface area contributed by atoms with E-state index in [4.69, 9.17) is 4.98 Å². The number of carbonyl (C=O) groups excluding carboxylic acids is 1. The van der Waals surface area contributed by atoms with Crippen molar-refractivity contribution in [3.8, 4) is 0 Å². The first kappa shape index (κ1) is 20.0. The van der Waals surface area contributed by atoms with Crippen LogP contribution in [-0.2, 0) is 24.7 Å². The summed E-state index contributed by atoms with van der Waals surface area (Å²) in [6, 6.07) is 0.249. The molecular formula is C21H29N3O2S2. The molecule has 0 aliphatic heterocycles. The van der Waals surface area contributed by atoms with Crippen molar-refractivity contribution in [3.63, 3.8) is 0 Å². The molecule has 0 radical (unpaired) electrons. The highest BCUT2D eigenvalue weighted by molar-refractivity contribution is 8.00. The zero-order chi connectivity index (χ0) is 20.0. The van der Waals surface area contributed by atoms with Gasteiger partial charge in [-0.15, -0.1) is 11.3 Å². The van der Waals surface area contributed by atoms with Crippen LogP contribution in [-0.4, -0.2) is 26.8 Å². The van der Waals surface area contributed by atoms with Gasteiger partial charge in [0, 0.05) is 18.0 Å².